The van der Waals surface area contributed by atoms with Crippen molar-refractivity contribution in [1.82, 2.24) is 15.5 Å². The van der Waals surface area contributed by atoms with Gasteiger partial charge in [-0.25, -0.2) is 0 Å². The summed E-state index contributed by atoms with van der Waals surface area (Å²) in [5.41, 5.74) is 0.701. The Morgan fingerprint density at radius 1 is 1.25 bits per heavy atom. The molecule has 2 N–H and O–H groups in total. The number of nitrogens with zero attached hydrogens (tertiary/aromatic N) is 1. The molecule has 24 heavy (non-hydrogen) atoms. The van der Waals surface area contributed by atoms with E-state index in [2.05, 4.69) is 21.6 Å². The lowest BCUT2D eigenvalue weighted by molar-refractivity contribution is -0.126. The number of hydrogen-bond acceptors (Lipinski definition) is 3. The normalized spacial score (nSPS) is 20.9. The Morgan fingerprint density at radius 2 is 2.00 bits per heavy atom. The van der Waals surface area contributed by atoms with Crippen LogP contribution < -0.4 is 10.6 Å². The highest BCUT2D eigenvalue weighted by atomic mass is 35.5. The van der Waals surface area contributed by atoms with Gasteiger partial charge in [0.2, 0.25) is 5.91 Å². The average Bonchev–Trinajstić information content (AvgIpc) is 3.11. The standard InChI is InChI=1S/C19H28ClN3O/c20-17-6-3-5-16(15-17)19(7-1-2-8-19)18(24)22-9-4-12-23-13-10-21-11-14-23/h3,5-6,15,21H,1-2,4,7-14H2,(H,22,24). The fraction of sp³-hybridized carbons (Fsp3) is 0.632. The largest absolute Gasteiger partial charge is 0.355 e. The number of amides is 1. The van der Waals surface area contributed by atoms with Crippen LogP contribution in [0.5, 0.6) is 0 Å². The Labute approximate surface area is 149 Å². The van der Waals surface area contributed by atoms with Gasteiger partial charge in [0, 0.05) is 37.7 Å². The van der Waals surface area contributed by atoms with E-state index in [4.69, 9.17) is 11.6 Å². The summed E-state index contributed by atoms with van der Waals surface area (Å²) in [6.45, 7) is 6.19. The van der Waals surface area contributed by atoms with Crippen LogP contribution in [0.25, 0.3) is 0 Å². The van der Waals surface area contributed by atoms with Crippen molar-refractivity contribution in [2.24, 2.45) is 0 Å². The molecule has 0 radical (unpaired) electrons. The summed E-state index contributed by atoms with van der Waals surface area (Å²) in [5.74, 6) is 0.183. The minimum atomic E-state index is -0.375. The molecule has 1 heterocycles. The lowest BCUT2D eigenvalue weighted by Gasteiger charge is -2.29. The Morgan fingerprint density at radius 3 is 2.71 bits per heavy atom. The third kappa shape index (κ3) is 4.11. The quantitative estimate of drug-likeness (QED) is 0.776. The topological polar surface area (TPSA) is 44.4 Å². The van der Waals surface area contributed by atoms with Gasteiger partial charge in [0.1, 0.15) is 0 Å². The van der Waals surface area contributed by atoms with E-state index in [1.165, 1.54) is 0 Å². The monoisotopic (exact) mass is 349 g/mol. The number of carbonyl (C=O) groups excluding carboxylic acids is 1. The molecule has 0 spiro atoms. The highest BCUT2D eigenvalue weighted by molar-refractivity contribution is 6.30. The summed E-state index contributed by atoms with van der Waals surface area (Å²) in [6.07, 6.45) is 5.09. The minimum Gasteiger partial charge on any atom is -0.355 e. The third-order valence-electron chi connectivity index (χ3n) is 5.42. The van der Waals surface area contributed by atoms with Crippen LogP contribution in [0.1, 0.15) is 37.7 Å². The molecule has 0 unspecified atom stereocenters. The van der Waals surface area contributed by atoms with E-state index in [-0.39, 0.29) is 11.3 Å². The number of rotatable bonds is 6. The van der Waals surface area contributed by atoms with Gasteiger partial charge in [-0.05, 0) is 43.5 Å². The summed E-state index contributed by atoms with van der Waals surface area (Å²) in [4.78, 5) is 15.4. The maximum absolute atomic E-state index is 13.0. The fourth-order valence-corrected chi connectivity index (χ4v) is 4.21. The van der Waals surface area contributed by atoms with E-state index in [1.807, 2.05) is 18.2 Å². The van der Waals surface area contributed by atoms with E-state index in [9.17, 15) is 4.79 Å². The molecular formula is C19H28ClN3O. The number of benzene rings is 1. The van der Waals surface area contributed by atoms with E-state index in [0.29, 0.717) is 5.02 Å². The van der Waals surface area contributed by atoms with Crippen molar-refractivity contribution in [3.8, 4) is 0 Å². The Bertz CT molecular complexity index is 551. The van der Waals surface area contributed by atoms with Gasteiger partial charge in [-0.1, -0.05) is 36.6 Å². The second-order valence-electron chi connectivity index (χ2n) is 7.00. The molecule has 1 aliphatic carbocycles. The van der Waals surface area contributed by atoms with Crippen LogP contribution in [-0.2, 0) is 10.2 Å². The summed E-state index contributed by atoms with van der Waals surface area (Å²) < 4.78 is 0. The molecule has 4 nitrogen and oxygen atoms in total. The average molecular weight is 350 g/mol. The first-order chi connectivity index (χ1) is 11.7. The Balaban J connectivity index is 1.55. The molecule has 2 aliphatic rings. The first-order valence-electron chi connectivity index (χ1n) is 9.18. The third-order valence-corrected chi connectivity index (χ3v) is 5.65. The molecule has 0 aromatic heterocycles. The molecule has 2 fully saturated rings. The lowest BCUT2D eigenvalue weighted by atomic mass is 9.78. The number of halogens is 1. The SMILES string of the molecule is O=C(NCCCN1CCNCC1)C1(c2cccc(Cl)c2)CCCC1. The first-order valence-corrected chi connectivity index (χ1v) is 9.56. The molecule has 3 rings (SSSR count). The minimum absolute atomic E-state index is 0.183. The summed E-state index contributed by atoms with van der Waals surface area (Å²) in [6, 6.07) is 7.85. The second-order valence-corrected chi connectivity index (χ2v) is 7.44. The zero-order valence-corrected chi connectivity index (χ0v) is 15.1. The zero-order valence-electron chi connectivity index (χ0n) is 14.3. The highest BCUT2D eigenvalue weighted by Crippen LogP contribution is 2.42. The number of hydrogen-bond donors (Lipinski definition) is 2. The molecule has 1 amide bonds. The zero-order chi connectivity index (χ0) is 16.8. The lowest BCUT2D eigenvalue weighted by Crippen LogP contribution is -2.45. The highest BCUT2D eigenvalue weighted by Gasteiger charge is 2.42. The van der Waals surface area contributed by atoms with Crippen molar-refractivity contribution in [2.45, 2.75) is 37.5 Å². The molecule has 1 aliphatic heterocycles. The number of nitrogens with one attached hydrogen (secondary N) is 2. The van der Waals surface area contributed by atoms with Crippen LogP contribution in [-0.4, -0.2) is 50.1 Å². The van der Waals surface area contributed by atoms with Crippen molar-refractivity contribution in [1.29, 1.82) is 0 Å². The van der Waals surface area contributed by atoms with E-state index >= 15 is 0 Å². The van der Waals surface area contributed by atoms with Crippen LogP contribution in [0, 0.1) is 0 Å². The van der Waals surface area contributed by atoms with Crippen LogP contribution >= 0.6 is 11.6 Å². The molecule has 1 saturated carbocycles. The van der Waals surface area contributed by atoms with Crippen LogP contribution in [0.2, 0.25) is 5.02 Å². The molecule has 0 bridgehead atoms. The van der Waals surface area contributed by atoms with Gasteiger partial charge in [0.05, 0.1) is 5.41 Å². The summed E-state index contributed by atoms with van der Waals surface area (Å²) >= 11 is 6.16. The molecule has 0 atom stereocenters. The van der Waals surface area contributed by atoms with E-state index in [0.717, 1.165) is 76.9 Å². The van der Waals surface area contributed by atoms with Gasteiger partial charge < -0.3 is 15.5 Å². The van der Waals surface area contributed by atoms with Gasteiger partial charge in [-0.2, -0.15) is 0 Å². The van der Waals surface area contributed by atoms with Gasteiger partial charge in [0.15, 0.2) is 0 Å². The van der Waals surface area contributed by atoms with E-state index < -0.39 is 0 Å². The smallest absolute Gasteiger partial charge is 0.230 e. The fourth-order valence-electron chi connectivity index (χ4n) is 4.02. The Hall–Kier alpha value is -1.10. The molecule has 1 aromatic rings. The van der Waals surface area contributed by atoms with E-state index in [1.54, 1.807) is 0 Å². The van der Waals surface area contributed by atoms with Crippen molar-refractivity contribution < 1.29 is 4.79 Å². The summed E-state index contributed by atoms with van der Waals surface area (Å²) in [5, 5.41) is 7.28. The van der Waals surface area contributed by atoms with Crippen molar-refractivity contribution in [3.63, 3.8) is 0 Å². The molecule has 5 heteroatoms. The molecular weight excluding hydrogens is 322 g/mol. The molecule has 1 aromatic carbocycles. The van der Waals surface area contributed by atoms with Crippen molar-refractivity contribution in [2.75, 3.05) is 39.3 Å². The van der Waals surface area contributed by atoms with Crippen molar-refractivity contribution >= 4 is 17.5 Å². The Kier molecular flexibility index (Phi) is 6.14. The van der Waals surface area contributed by atoms with Gasteiger partial charge in [0.25, 0.3) is 0 Å². The predicted molar refractivity (Wildman–Crippen MR) is 98.5 cm³/mol. The van der Waals surface area contributed by atoms with Gasteiger partial charge in [-0.3, -0.25) is 4.79 Å². The second kappa shape index (κ2) is 8.32. The maximum Gasteiger partial charge on any atom is 0.230 e. The maximum atomic E-state index is 13.0. The number of piperazine rings is 1. The number of carbonyl (C=O) groups is 1. The first kappa shape index (κ1) is 17.7. The van der Waals surface area contributed by atoms with Crippen molar-refractivity contribution in [3.05, 3.63) is 34.9 Å². The molecule has 132 valence electrons. The molecule has 1 saturated heterocycles. The summed E-state index contributed by atoms with van der Waals surface area (Å²) in [7, 11) is 0. The van der Waals surface area contributed by atoms with Crippen LogP contribution in [0.4, 0.5) is 0 Å². The van der Waals surface area contributed by atoms with Crippen LogP contribution in [0.15, 0.2) is 24.3 Å². The van der Waals surface area contributed by atoms with Crippen LogP contribution in [0.3, 0.4) is 0 Å². The van der Waals surface area contributed by atoms with Gasteiger partial charge in [-0.15, -0.1) is 0 Å². The van der Waals surface area contributed by atoms with Gasteiger partial charge >= 0.3 is 0 Å². The predicted octanol–water partition coefficient (Wildman–Crippen LogP) is 2.56.